The highest BCUT2D eigenvalue weighted by atomic mass is 16.6. The van der Waals surface area contributed by atoms with E-state index in [1.807, 2.05) is 0 Å². The Morgan fingerprint density at radius 2 is 2.20 bits per heavy atom. The highest BCUT2D eigenvalue weighted by Gasteiger charge is 2.04. The average Bonchev–Trinajstić information content (AvgIpc) is 2.28. The lowest BCUT2D eigenvalue weighted by Gasteiger charge is -2.04. The molecule has 0 heterocycles. The molecular formula is C12H9NO2. The number of hydrogen-bond acceptors (Lipinski definition) is 2. The molecule has 0 aliphatic carbocycles. The van der Waals surface area contributed by atoms with Gasteiger partial charge in [-0.2, -0.15) is 0 Å². The lowest BCUT2D eigenvalue weighted by molar-refractivity contribution is 0.203. The number of carbonyl (C=O) groups excluding carboxylic acids is 1. The van der Waals surface area contributed by atoms with Gasteiger partial charge in [-0.05, 0) is 29.9 Å². The van der Waals surface area contributed by atoms with Crippen molar-refractivity contribution in [2.75, 3.05) is 7.05 Å². The van der Waals surface area contributed by atoms with Crippen molar-refractivity contribution in [1.82, 2.24) is 5.32 Å². The summed E-state index contributed by atoms with van der Waals surface area (Å²) in [4.78, 5) is 11.0. The molecule has 0 fully saturated rings. The number of rotatable bonds is 1. The smallest absolute Gasteiger partial charge is 0.409 e. The molecule has 0 radical (unpaired) electrons. The first-order chi connectivity index (χ1) is 7.27. The molecule has 1 rings (SSSR count). The first kappa shape index (κ1) is 10.7. The van der Waals surface area contributed by atoms with Crippen LogP contribution in [0.15, 0.2) is 24.3 Å². The summed E-state index contributed by atoms with van der Waals surface area (Å²) in [5.74, 6) is 7.75. The van der Waals surface area contributed by atoms with Crippen LogP contribution in [0.2, 0.25) is 0 Å². The summed E-state index contributed by atoms with van der Waals surface area (Å²) in [6.07, 6.45) is 4.47. The lowest BCUT2D eigenvalue weighted by Crippen LogP contribution is -2.22. The standard InChI is InChI=1S/C12H9NO2/c1-3-4-7-10-8-5-6-9-11(10)15-12(14)13-2/h1,5-6,8-9H,2H3,(H,13,14). The van der Waals surface area contributed by atoms with Gasteiger partial charge < -0.3 is 10.1 Å². The van der Waals surface area contributed by atoms with E-state index in [-0.39, 0.29) is 0 Å². The van der Waals surface area contributed by atoms with Crippen molar-refractivity contribution in [1.29, 1.82) is 0 Å². The van der Waals surface area contributed by atoms with Gasteiger partial charge in [0, 0.05) is 7.05 Å². The van der Waals surface area contributed by atoms with Crippen molar-refractivity contribution in [2.45, 2.75) is 0 Å². The van der Waals surface area contributed by atoms with Gasteiger partial charge in [0.2, 0.25) is 0 Å². The Bertz CT molecular complexity index is 460. The van der Waals surface area contributed by atoms with Crippen LogP contribution in [0.4, 0.5) is 4.79 Å². The van der Waals surface area contributed by atoms with E-state index in [9.17, 15) is 4.79 Å². The Labute approximate surface area is 88.4 Å². The van der Waals surface area contributed by atoms with Crippen molar-refractivity contribution in [2.24, 2.45) is 0 Å². The number of nitrogens with one attached hydrogen (secondary N) is 1. The molecule has 74 valence electrons. The molecule has 0 aliphatic heterocycles. The van der Waals surface area contributed by atoms with Crippen molar-refractivity contribution >= 4 is 6.09 Å². The van der Waals surface area contributed by atoms with Gasteiger partial charge in [0.1, 0.15) is 5.75 Å². The first-order valence-electron chi connectivity index (χ1n) is 4.23. The van der Waals surface area contributed by atoms with Gasteiger partial charge in [-0.15, -0.1) is 6.42 Å². The fourth-order valence-electron chi connectivity index (χ4n) is 0.913. The number of benzene rings is 1. The van der Waals surface area contributed by atoms with Crippen LogP contribution in [-0.4, -0.2) is 13.1 Å². The molecule has 1 aromatic carbocycles. The number of ether oxygens (including phenoxy) is 1. The molecule has 3 nitrogen and oxygen atoms in total. The van der Waals surface area contributed by atoms with E-state index in [0.29, 0.717) is 11.3 Å². The molecule has 1 amide bonds. The predicted molar refractivity (Wildman–Crippen MR) is 57.2 cm³/mol. The maximum atomic E-state index is 11.0. The second-order valence-corrected chi connectivity index (χ2v) is 2.53. The fourth-order valence-corrected chi connectivity index (χ4v) is 0.913. The van der Waals surface area contributed by atoms with Crippen LogP contribution in [0.5, 0.6) is 5.75 Å². The summed E-state index contributed by atoms with van der Waals surface area (Å²) < 4.78 is 4.97. The molecule has 0 aromatic heterocycles. The SMILES string of the molecule is C#CC#Cc1ccccc1OC(=O)NC. The zero-order valence-corrected chi connectivity index (χ0v) is 8.20. The van der Waals surface area contributed by atoms with Crippen molar-refractivity contribution in [3.8, 4) is 29.9 Å². The molecule has 1 aromatic rings. The highest BCUT2D eigenvalue weighted by Crippen LogP contribution is 2.16. The topological polar surface area (TPSA) is 38.3 Å². The lowest BCUT2D eigenvalue weighted by atomic mass is 10.2. The van der Waals surface area contributed by atoms with Crippen LogP contribution >= 0.6 is 0 Å². The molecule has 0 spiro atoms. The van der Waals surface area contributed by atoms with Crippen molar-refractivity contribution in [3.05, 3.63) is 29.8 Å². The average molecular weight is 199 g/mol. The molecular weight excluding hydrogens is 190 g/mol. The zero-order chi connectivity index (χ0) is 11.1. The minimum atomic E-state index is -0.537. The molecule has 1 N–H and O–H groups in total. The number of carbonyl (C=O) groups is 1. The maximum Gasteiger partial charge on any atom is 0.412 e. The summed E-state index contributed by atoms with van der Waals surface area (Å²) in [6.45, 7) is 0. The predicted octanol–water partition coefficient (Wildman–Crippen LogP) is 1.39. The second kappa shape index (κ2) is 5.36. The Hall–Kier alpha value is -2.39. The van der Waals surface area contributed by atoms with Crippen LogP contribution in [0.3, 0.4) is 0 Å². The Morgan fingerprint density at radius 1 is 1.47 bits per heavy atom. The van der Waals surface area contributed by atoms with Gasteiger partial charge in [-0.1, -0.05) is 12.1 Å². The minimum Gasteiger partial charge on any atom is -0.409 e. The number of hydrogen-bond donors (Lipinski definition) is 1. The molecule has 0 saturated carbocycles. The molecule has 0 unspecified atom stereocenters. The van der Waals surface area contributed by atoms with E-state index >= 15 is 0 Å². The van der Waals surface area contributed by atoms with Crippen molar-refractivity contribution in [3.63, 3.8) is 0 Å². The van der Waals surface area contributed by atoms with Gasteiger partial charge in [0.25, 0.3) is 0 Å². The summed E-state index contributed by atoms with van der Waals surface area (Å²) >= 11 is 0. The minimum absolute atomic E-state index is 0.389. The van der Waals surface area contributed by atoms with Crippen LogP contribution in [-0.2, 0) is 0 Å². The molecule has 0 aliphatic rings. The highest BCUT2D eigenvalue weighted by molar-refractivity contribution is 5.71. The normalized spacial score (nSPS) is 8.00. The molecule has 3 heteroatoms. The van der Waals surface area contributed by atoms with Crippen LogP contribution < -0.4 is 10.1 Å². The monoisotopic (exact) mass is 199 g/mol. The second-order valence-electron chi connectivity index (χ2n) is 2.53. The van der Waals surface area contributed by atoms with Crippen molar-refractivity contribution < 1.29 is 9.53 Å². The quantitative estimate of drug-likeness (QED) is 0.694. The van der Waals surface area contributed by atoms with Gasteiger partial charge in [0.05, 0.1) is 5.56 Å². The summed E-state index contributed by atoms with van der Waals surface area (Å²) in [6, 6.07) is 6.91. The maximum absolute atomic E-state index is 11.0. The molecule has 0 bridgehead atoms. The third kappa shape index (κ3) is 3.10. The number of terminal acetylenes is 1. The number of amides is 1. The third-order valence-corrected chi connectivity index (χ3v) is 1.56. The molecule has 0 saturated heterocycles. The third-order valence-electron chi connectivity index (χ3n) is 1.56. The summed E-state index contributed by atoms with van der Waals surface area (Å²) in [5, 5.41) is 2.35. The first-order valence-corrected chi connectivity index (χ1v) is 4.23. The van der Waals surface area contributed by atoms with E-state index < -0.39 is 6.09 Å². The van der Waals surface area contributed by atoms with Gasteiger partial charge in [0.15, 0.2) is 0 Å². The largest absolute Gasteiger partial charge is 0.412 e. The Kier molecular flexibility index (Phi) is 3.82. The zero-order valence-electron chi connectivity index (χ0n) is 8.20. The van der Waals surface area contributed by atoms with E-state index in [1.54, 1.807) is 24.3 Å². The van der Waals surface area contributed by atoms with Gasteiger partial charge in [-0.3, -0.25) is 0 Å². The van der Waals surface area contributed by atoms with E-state index in [0.717, 1.165) is 0 Å². The van der Waals surface area contributed by atoms with E-state index in [2.05, 4.69) is 23.1 Å². The van der Waals surface area contributed by atoms with Gasteiger partial charge >= 0.3 is 6.09 Å². The Morgan fingerprint density at radius 3 is 2.87 bits per heavy atom. The van der Waals surface area contributed by atoms with Crippen LogP contribution in [0.25, 0.3) is 0 Å². The Balaban J connectivity index is 2.97. The summed E-state index contributed by atoms with van der Waals surface area (Å²) in [7, 11) is 1.48. The molecule has 15 heavy (non-hydrogen) atoms. The van der Waals surface area contributed by atoms with E-state index in [1.165, 1.54) is 7.05 Å². The van der Waals surface area contributed by atoms with E-state index in [4.69, 9.17) is 11.2 Å². The number of para-hydroxylation sites is 1. The fraction of sp³-hybridized carbons (Fsp3) is 0.0833. The van der Waals surface area contributed by atoms with Gasteiger partial charge in [-0.25, -0.2) is 4.79 Å². The van der Waals surface area contributed by atoms with Crippen LogP contribution in [0, 0.1) is 24.2 Å². The summed E-state index contributed by atoms with van der Waals surface area (Å²) in [5.41, 5.74) is 0.582. The van der Waals surface area contributed by atoms with Crippen LogP contribution in [0.1, 0.15) is 5.56 Å². The molecule has 0 atom stereocenters.